The van der Waals surface area contributed by atoms with Crippen LogP contribution in [0.1, 0.15) is 30.9 Å². The van der Waals surface area contributed by atoms with E-state index in [1.165, 1.54) is 11.1 Å². The molecule has 0 N–H and O–H groups in total. The fourth-order valence-corrected chi connectivity index (χ4v) is 1.53. The molecule has 0 aliphatic heterocycles. The normalized spacial score (nSPS) is 10.1. The van der Waals surface area contributed by atoms with Crippen LogP contribution < -0.4 is 4.74 Å². The predicted octanol–water partition coefficient (Wildman–Crippen LogP) is 3.05. The highest BCUT2D eigenvalue weighted by molar-refractivity contribution is 5.75. The number of Topliss-reactive ketones (excluding diaryl/α,β-unsaturated/α-hetero) is 1. The molecule has 0 radical (unpaired) electrons. The summed E-state index contributed by atoms with van der Waals surface area (Å²) < 4.78 is 5.57. The van der Waals surface area contributed by atoms with Crippen molar-refractivity contribution in [2.45, 2.75) is 33.6 Å². The minimum atomic E-state index is 0.221. The first-order valence-corrected chi connectivity index (χ1v) is 5.28. The Balaban J connectivity index is 2.40. The SMILES string of the molecule is CC(=O)CCCOc1cc(C)cc(C)c1. The van der Waals surface area contributed by atoms with Crippen molar-refractivity contribution in [3.63, 3.8) is 0 Å². The number of benzene rings is 1. The summed E-state index contributed by atoms with van der Waals surface area (Å²) in [6.07, 6.45) is 1.40. The largest absolute Gasteiger partial charge is 0.494 e. The Kier molecular flexibility index (Phi) is 4.35. The van der Waals surface area contributed by atoms with E-state index in [0.717, 1.165) is 12.2 Å². The number of carbonyl (C=O) groups is 1. The van der Waals surface area contributed by atoms with Gasteiger partial charge >= 0.3 is 0 Å². The summed E-state index contributed by atoms with van der Waals surface area (Å²) >= 11 is 0. The van der Waals surface area contributed by atoms with E-state index in [2.05, 4.69) is 19.9 Å². The Morgan fingerprint density at radius 3 is 2.33 bits per heavy atom. The van der Waals surface area contributed by atoms with Gasteiger partial charge in [0.2, 0.25) is 0 Å². The van der Waals surface area contributed by atoms with Crippen LogP contribution in [0, 0.1) is 13.8 Å². The predicted molar refractivity (Wildman–Crippen MR) is 61.3 cm³/mol. The van der Waals surface area contributed by atoms with Crippen LogP contribution in [0.25, 0.3) is 0 Å². The summed E-state index contributed by atoms with van der Waals surface area (Å²) in [6, 6.07) is 6.14. The molecule has 0 saturated carbocycles. The number of hydrogen-bond donors (Lipinski definition) is 0. The molecular formula is C13H18O2. The maximum atomic E-state index is 10.7. The molecule has 0 bridgehead atoms. The van der Waals surface area contributed by atoms with Gasteiger partial charge in [0.15, 0.2) is 0 Å². The lowest BCUT2D eigenvalue weighted by molar-refractivity contribution is -0.117. The molecule has 0 heterocycles. The van der Waals surface area contributed by atoms with Crippen molar-refractivity contribution < 1.29 is 9.53 Å². The van der Waals surface area contributed by atoms with Crippen molar-refractivity contribution >= 4 is 5.78 Å². The van der Waals surface area contributed by atoms with Crippen molar-refractivity contribution in [1.82, 2.24) is 0 Å². The highest BCUT2D eigenvalue weighted by Crippen LogP contribution is 2.16. The standard InChI is InChI=1S/C13H18O2/c1-10-7-11(2)9-13(8-10)15-6-4-5-12(3)14/h7-9H,4-6H2,1-3H3. The molecule has 2 nitrogen and oxygen atoms in total. The van der Waals surface area contributed by atoms with Crippen molar-refractivity contribution in [3.8, 4) is 5.75 Å². The van der Waals surface area contributed by atoms with Gasteiger partial charge in [0.25, 0.3) is 0 Å². The first kappa shape index (κ1) is 11.8. The van der Waals surface area contributed by atoms with Gasteiger partial charge in [0.1, 0.15) is 11.5 Å². The number of hydrogen-bond acceptors (Lipinski definition) is 2. The number of carbonyl (C=O) groups excluding carboxylic acids is 1. The maximum absolute atomic E-state index is 10.7. The third-order valence-corrected chi connectivity index (χ3v) is 2.14. The second-order valence-electron chi connectivity index (χ2n) is 3.98. The van der Waals surface area contributed by atoms with E-state index in [1.54, 1.807) is 6.92 Å². The average molecular weight is 206 g/mol. The highest BCUT2D eigenvalue weighted by Gasteiger charge is 1.98. The van der Waals surface area contributed by atoms with Gasteiger partial charge in [-0.1, -0.05) is 6.07 Å². The van der Waals surface area contributed by atoms with Crippen molar-refractivity contribution in [3.05, 3.63) is 29.3 Å². The maximum Gasteiger partial charge on any atom is 0.129 e. The molecule has 2 heteroatoms. The van der Waals surface area contributed by atoms with Gasteiger partial charge in [0, 0.05) is 6.42 Å². The Labute approximate surface area is 91.3 Å². The van der Waals surface area contributed by atoms with E-state index < -0.39 is 0 Å². The van der Waals surface area contributed by atoms with Crippen molar-refractivity contribution in [2.75, 3.05) is 6.61 Å². The van der Waals surface area contributed by atoms with Gasteiger partial charge in [-0.05, 0) is 50.5 Å². The van der Waals surface area contributed by atoms with Crippen LogP contribution in [0.3, 0.4) is 0 Å². The van der Waals surface area contributed by atoms with Crippen LogP contribution in [0.2, 0.25) is 0 Å². The molecule has 0 fully saturated rings. The minimum absolute atomic E-state index is 0.221. The summed E-state index contributed by atoms with van der Waals surface area (Å²) in [6.45, 7) is 6.32. The first-order chi connectivity index (χ1) is 7.08. The molecule has 0 unspecified atom stereocenters. The molecule has 1 aromatic carbocycles. The van der Waals surface area contributed by atoms with Crippen LogP contribution in [0.15, 0.2) is 18.2 Å². The zero-order valence-electron chi connectivity index (χ0n) is 9.67. The molecule has 0 spiro atoms. The molecule has 0 atom stereocenters. The monoisotopic (exact) mass is 206 g/mol. The molecule has 1 rings (SSSR count). The highest BCUT2D eigenvalue weighted by atomic mass is 16.5. The molecule has 15 heavy (non-hydrogen) atoms. The Bertz CT molecular complexity index is 322. The minimum Gasteiger partial charge on any atom is -0.494 e. The zero-order valence-corrected chi connectivity index (χ0v) is 9.67. The van der Waals surface area contributed by atoms with Gasteiger partial charge in [-0.3, -0.25) is 0 Å². The Morgan fingerprint density at radius 1 is 1.20 bits per heavy atom. The smallest absolute Gasteiger partial charge is 0.129 e. The van der Waals surface area contributed by atoms with Gasteiger partial charge in [0.05, 0.1) is 6.61 Å². The lowest BCUT2D eigenvalue weighted by atomic mass is 10.1. The van der Waals surface area contributed by atoms with Crippen LogP contribution in [-0.2, 0) is 4.79 Å². The topological polar surface area (TPSA) is 26.3 Å². The summed E-state index contributed by atoms with van der Waals surface area (Å²) in [5.74, 6) is 1.12. The quantitative estimate of drug-likeness (QED) is 0.692. The number of aryl methyl sites for hydroxylation is 2. The summed E-state index contributed by atoms with van der Waals surface area (Å²) in [5.41, 5.74) is 2.41. The molecular weight excluding hydrogens is 188 g/mol. The van der Waals surface area contributed by atoms with Crippen LogP contribution in [-0.4, -0.2) is 12.4 Å². The van der Waals surface area contributed by atoms with E-state index in [9.17, 15) is 4.79 Å². The van der Waals surface area contributed by atoms with Crippen LogP contribution in [0.4, 0.5) is 0 Å². The number of rotatable bonds is 5. The molecule has 82 valence electrons. The van der Waals surface area contributed by atoms with Gasteiger partial charge < -0.3 is 9.53 Å². The second kappa shape index (κ2) is 5.54. The number of ketones is 1. The second-order valence-corrected chi connectivity index (χ2v) is 3.98. The van der Waals surface area contributed by atoms with Gasteiger partial charge in [-0.15, -0.1) is 0 Å². The van der Waals surface area contributed by atoms with E-state index >= 15 is 0 Å². The van der Waals surface area contributed by atoms with E-state index in [4.69, 9.17) is 4.74 Å². The molecule has 0 amide bonds. The van der Waals surface area contributed by atoms with Crippen LogP contribution in [0.5, 0.6) is 5.75 Å². The molecule has 0 aliphatic carbocycles. The Morgan fingerprint density at radius 2 is 1.80 bits per heavy atom. The van der Waals surface area contributed by atoms with E-state index in [-0.39, 0.29) is 5.78 Å². The summed E-state index contributed by atoms with van der Waals surface area (Å²) in [4.78, 5) is 10.7. The zero-order chi connectivity index (χ0) is 11.3. The van der Waals surface area contributed by atoms with Gasteiger partial charge in [-0.2, -0.15) is 0 Å². The summed E-state index contributed by atoms with van der Waals surface area (Å²) in [7, 11) is 0. The average Bonchev–Trinajstić information content (AvgIpc) is 2.10. The fraction of sp³-hybridized carbons (Fsp3) is 0.462. The molecule has 1 aromatic rings. The molecule has 0 aliphatic rings. The van der Waals surface area contributed by atoms with Crippen LogP contribution >= 0.6 is 0 Å². The number of ether oxygens (including phenoxy) is 1. The van der Waals surface area contributed by atoms with Crippen molar-refractivity contribution in [1.29, 1.82) is 0 Å². The third-order valence-electron chi connectivity index (χ3n) is 2.14. The fourth-order valence-electron chi connectivity index (χ4n) is 1.53. The van der Waals surface area contributed by atoms with E-state index in [1.807, 2.05) is 12.1 Å². The molecule has 0 aromatic heterocycles. The third kappa shape index (κ3) is 4.63. The lowest BCUT2D eigenvalue weighted by Gasteiger charge is -2.07. The Hall–Kier alpha value is -1.31. The van der Waals surface area contributed by atoms with Gasteiger partial charge in [-0.25, -0.2) is 0 Å². The molecule has 0 saturated heterocycles. The van der Waals surface area contributed by atoms with Crippen molar-refractivity contribution in [2.24, 2.45) is 0 Å². The lowest BCUT2D eigenvalue weighted by Crippen LogP contribution is -2.00. The first-order valence-electron chi connectivity index (χ1n) is 5.28. The van der Waals surface area contributed by atoms with E-state index in [0.29, 0.717) is 13.0 Å². The summed E-state index contributed by atoms with van der Waals surface area (Å²) in [5, 5.41) is 0.